The van der Waals surface area contributed by atoms with E-state index in [9.17, 15) is 14.0 Å². The average molecular weight is 541 g/mol. The van der Waals surface area contributed by atoms with Gasteiger partial charge in [0.1, 0.15) is 18.2 Å². The number of pyridine rings is 1. The lowest BCUT2D eigenvalue weighted by Crippen LogP contribution is -2.43. The standard InChI is InChI=1S/C26H26ClFN6O4/c1-16-31-24(38-34-16)10-9-20(32-23(35)14-29-12-19-7-4-8-21(28)25(19)27)15-37-26(36)33-22-11-17-5-2-3-6-18(17)13-30-22/h2-8,11,13,20,29H,9-10,12,14-15H2,1H3,(H,32,35)(H,30,33,36)/t20-/m0/s1. The van der Waals surface area contributed by atoms with Gasteiger partial charge in [0.05, 0.1) is 17.6 Å². The minimum absolute atomic E-state index is 0.00783. The third-order valence-corrected chi connectivity index (χ3v) is 5.97. The number of hydrogen-bond donors (Lipinski definition) is 3. The maximum absolute atomic E-state index is 13.6. The van der Waals surface area contributed by atoms with Crippen LogP contribution in [-0.4, -0.2) is 46.3 Å². The highest BCUT2D eigenvalue weighted by atomic mass is 35.5. The number of benzene rings is 2. The Morgan fingerprint density at radius 2 is 1.97 bits per heavy atom. The molecular formula is C26H26ClFN6O4. The number of amides is 2. The second-order valence-corrected chi connectivity index (χ2v) is 8.87. The molecule has 0 aliphatic carbocycles. The lowest BCUT2D eigenvalue weighted by atomic mass is 10.1. The highest BCUT2D eigenvalue weighted by Crippen LogP contribution is 2.19. The molecule has 0 fully saturated rings. The number of aromatic nitrogens is 3. The number of hydrogen-bond acceptors (Lipinski definition) is 8. The van der Waals surface area contributed by atoms with Gasteiger partial charge in [0.2, 0.25) is 11.8 Å². The van der Waals surface area contributed by atoms with Gasteiger partial charge in [0, 0.05) is 24.5 Å². The van der Waals surface area contributed by atoms with E-state index in [0.717, 1.165) is 10.8 Å². The molecule has 0 bridgehead atoms. The lowest BCUT2D eigenvalue weighted by molar-refractivity contribution is -0.121. The van der Waals surface area contributed by atoms with Crippen molar-refractivity contribution in [3.05, 3.63) is 82.8 Å². The maximum atomic E-state index is 13.6. The average Bonchev–Trinajstić information content (AvgIpc) is 3.33. The van der Waals surface area contributed by atoms with Gasteiger partial charge in [-0.15, -0.1) is 0 Å². The highest BCUT2D eigenvalue weighted by molar-refractivity contribution is 6.31. The van der Waals surface area contributed by atoms with Crippen molar-refractivity contribution in [3.63, 3.8) is 0 Å². The summed E-state index contributed by atoms with van der Waals surface area (Å²) in [6.45, 7) is 1.74. The molecule has 0 spiro atoms. The Bertz CT molecular complexity index is 1420. The highest BCUT2D eigenvalue weighted by Gasteiger charge is 2.17. The first kappa shape index (κ1) is 27.0. The summed E-state index contributed by atoms with van der Waals surface area (Å²) in [5, 5.41) is 14.0. The summed E-state index contributed by atoms with van der Waals surface area (Å²) in [6.07, 6.45) is 1.70. The molecule has 2 aromatic heterocycles. The number of anilines is 1. The van der Waals surface area contributed by atoms with Gasteiger partial charge < -0.3 is 19.9 Å². The van der Waals surface area contributed by atoms with Crippen LogP contribution in [-0.2, 0) is 22.5 Å². The molecule has 12 heteroatoms. The van der Waals surface area contributed by atoms with Crippen molar-refractivity contribution in [2.24, 2.45) is 0 Å². The fourth-order valence-corrected chi connectivity index (χ4v) is 3.87. The molecule has 3 N–H and O–H groups in total. The molecule has 4 aromatic rings. The number of nitrogens with one attached hydrogen (secondary N) is 3. The third kappa shape index (κ3) is 7.70. The van der Waals surface area contributed by atoms with Crippen LogP contribution in [0.1, 0.15) is 23.7 Å². The first-order chi connectivity index (χ1) is 18.4. The quantitative estimate of drug-likeness (QED) is 0.258. The van der Waals surface area contributed by atoms with Crippen LogP contribution < -0.4 is 16.0 Å². The van der Waals surface area contributed by atoms with E-state index < -0.39 is 18.0 Å². The Hall–Kier alpha value is -4.09. The monoisotopic (exact) mass is 540 g/mol. The first-order valence-electron chi connectivity index (χ1n) is 11.9. The fourth-order valence-electron chi connectivity index (χ4n) is 3.68. The van der Waals surface area contributed by atoms with Crippen LogP contribution >= 0.6 is 11.6 Å². The molecule has 4 rings (SSSR count). The zero-order valence-electron chi connectivity index (χ0n) is 20.5. The van der Waals surface area contributed by atoms with Crippen molar-refractivity contribution >= 4 is 40.2 Å². The predicted molar refractivity (Wildman–Crippen MR) is 139 cm³/mol. The Kier molecular flexibility index (Phi) is 9.17. The van der Waals surface area contributed by atoms with E-state index in [4.69, 9.17) is 20.9 Å². The SMILES string of the molecule is Cc1noc(CC[C@@H](COC(=O)Nc2cc3ccccc3cn2)NC(=O)CNCc2cccc(F)c2Cl)n1. The van der Waals surface area contributed by atoms with Gasteiger partial charge >= 0.3 is 6.09 Å². The molecule has 38 heavy (non-hydrogen) atoms. The summed E-state index contributed by atoms with van der Waals surface area (Å²) < 4.78 is 24.1. The zero-order valence-corrected chi connectivity index (χ0v) is 21.3. The van der Waals surface area contributed by atoms with Crippen LogP contribution in [0.5, 0.6) is 0 Å². The van der Waals surface area contributed by atoms with Crippen molar-refractivity contribution < 1.29 is 23.2 Å². The molecule has 0 saturated carbocycles. The molecule has 0 saturated heterocycles. The van der Waals surface area contributed by atoms with Crippen molar-refractivity contribution in [1.82, 2.24) is 25.8 Å². The van der Waals surface area contributed by atoms with E-state index in [2.05, 4.69) is 31.1 Å². The van der Waals surface area contributed by atoms with E-state index >= 15 is 0 Å². The second kappa shape index (κ2) is 12.9. The van der Waals surface area contributed by atoms with E-state index in [1.807, 2.05) is 24.3 Å². The normalized spacial score (nSPS) is 11.8. The van der Waals surface area contributed by atoms with Crippen molar-refractivity contribution in [1.29, 1.82) is 0 Å². The lowest BCUT2D eigenvalue weighted by Gasteiger charge is -2.18. The number of halogens is 2. The van der Waals surface area contributed by atoms with E-state index in [-0.39, 0.29) is 30.6 Å². The predicted octanol–water partition coefficient (Wildman–Crippen LogP) is 4.17. The molecular weight excluding hydrogens is 515 g/mol. The molecule has 10 nitrogen and oxygen atoms in total. The summed E-state index contributed by atoms with van der Waals surface area (Å²) in [4.78, 5) is 33.4. The Balaban J connectivity index is 1.30. The minimum Gasteiger partial charge on any atom is -0.447 e. The molecule has 2 aromatic carbocycles. The number of nitrogens with zero attached hydrogens (tertiary/aromatic N) is 3. The van der Waals surface area contributed by atoms with Crippen molar-refractivity contribution in [3.8, 4) is 0 Å². The molecule has 0 radical (unpaired) electrons. The van der Waals surface area contributed by atoms with Gasteiger partial charge in [-0.25, -0.2) is 14.2 Å². The number of rotatable bonds is 11. The van der Waals surface area contributed by atoms with Crippen molar-refractivity contribution in [2.75, 3.05) is 18.5 Å². The summed E-state index contributed by atoms with van der Waals surface area (Å²) in [5.41, 5.74) is 0.532. The number of aryl methyl sites for hydroxylation is 2. The summed E-state index contributed by atoms with van der Waals surface area (Å²) >= 11 is 5.96. The van der Waals surface area contributed by atoms with Crippen LogP contribution in [0.25, 0.3) is 10.8 Å². The van der Waals surface area contributed by atoms with Crippen LogP contribution in [0, 0.1) is 12.7 Å². The molecule has 0 aliphatic rings. The van der Waals surface area contributed by atoms with Gasteiger partial charge in [-0.05, 0) is 36.4 Å². The van der Waals surface area contributed by atoms with Crippen LogP contribution in [0.15, 0.2) is 59.3 Å². The molecule has 2 amide bonds. The molecule has 2 heterocycles. The molecule has 1 atom stereocenters. The van der Waals surface area contributed by atoms with E-state index in [0.29, 0.717) is 35.9 Å². The van der Waals surface area contributed by atoms with E-state index in [1.54, 1.807) is 31.3 Å². The Labute approximate surface area is 222 Å². The minimum atomic E-state index is -0.709. The number of carbonyl (C=O) groups is 2. The van der Waals surface area contributed by atoms with Crippen molar-refractivity contribution in [2.45, 2.75) is 32.4 Å². The largest absolute Gasteiger partial charge is 0.447 e. The molecule has 198 valence electrons. The first-order valence-corrected chi connectivity index (χ1v) is 12.3. The molecule has 0 unspecified atom stereocenters. The number of carbonyl (C=O) groups excluding carboxylic acids is 2. The summed E-state index contributed by atoms with van der Waals surface area (Å²) in [7, 11) is 0. The van der Waals surface area contributed by atoms with E-state index in [1.165, 1.54) is 6.07 Å². The maximum Gasteiger partial charge on any atom is 0.412 e. The molecule has 0 aliphatic heterocycles. The third-order valence-electron chi connectivity index (χ3n) is 5.55. The fraction of sp³-hybridized carbons (Fsp3) is 0.269. The summed E-state index contributed by atoms with van der Waals surface area (Å²) in [6, 6.07) is 13.3. The van der Waals surface area contributed by atoms with Crippen LogP contribution in [0.2, 0.25) is 5.02 Å². The van der Waals surface area contributed by atoms with Gasteiger partial charge in [-0.3, -0.25) is 10.1 Å². The van der Waals surface area contributed by atoms with Gasteiger partial charge in [0.25, 0.3) is 0 Å². The van der Waals surface area contributed by atoms with Gasteiger partial charge in [0.15, 0.2) is 5.82 Å². The Morgan fingerprint density at radius 3 is 2.76 bits per heavy atom. The summed E-state index contributed by atoms with van der Waals surface area (Å²) in [5.74, 6) is 0.381. The second-order valence-electron chi connectivity index (χ2n) is 8.50. The smallest absolute Gasteiger partial charge is 0.412 e. The number of ether oxygens (including phenoxy) is 1. The van der Waals surface area contributed by atoms with Crippen LogP contribution in [0.3, 0.4) is 0 Å². The van der Waals surface area contributed by atoms with Gasteiger partial charge in [-0.1, -0.05) is 53.2 Å². The topological polar surface area (TPSA) is 131 Å². The van der Waals surface area contributed by atoms with Crippen LogP contribution in [0.4, 0.5) is 15.0 Å². The van der Waals surface area contributed by atoms with Gasteiger partial charge in [-0.2, -0.15) is 4.98 Å². The zero-order chi connectivity index (χ0) is 26.9. The Morgan fingerprint density at radius 1 is 1.16 bits per heavy atom. The number of fused-ring (bicyclic) bond motifs is 1.